The summed E-state index contributed by atoms with van der Waals surface area (Å²) in [4.78, 5) is 4.66. The van der Waals surface area contributed by atoms with Gasteiger partial charge in [0.25, 0.3) is 0 Å². The molecule has 0 saturated carbocycles. The van der Waals surface area contributed by atoms with Crippen LogP contribution in [0.15, 0.2) is 12.1 Å². The molecule has 1 aliphatic heterocycles. The Morgan fingerprint density at radius 1 is 1.17 bits per heavy atom. The number of benzene rings is 1. The number of piperidine rings is 1. The molecule has 1 aromatic heterocycles. The molecule has 0 atom stereocenters. The van der Waals surface area contributed by atoms with Gasteiger partial charge in [0.15, 0.2) is 11.6 Å². The predicted octanol–water partition coefficient (Wildman–Crippen LogP) is 4.22. The smallest absolute Gasteiger partial charge is 0.161 e. The van der Waals surface area contributed by atoms with Crippen molar-refractivity contribution in [2.45, 2.75) is 52.0 Å². The third kappa shape index (κ3) is 3.25. The van der Waals surface area contributed by atoms with Gasteiger partial charge in [-0.05, 0) is 44.7 Å². The van der Waals surface area contributed by atoms with Gasteiger partial charge >= 0.3 is 0 Å². The quantitative estimate of drug-likeness (QED) is 0.893. The topological polar surface area (TPSA) is 29.9 Å². The predicted molar refractivity (Wildman–Crippen MR) is 88.6 cm³/mol. The summed E-state index contributed by atoms with van der Waals surface area (Å²) in [5.74, 6) is 0.263. The van der Waals surface area contributed by atoms with E-state index in [2.05, 4.69) is 28.7 Å². The Balaban J connectivity index is 2.06. The first kappa shape index (κ1) is 16.4. The summed E-state index contributed by atoms with van der Waals surface area (Å²) in [7, 11) is 0. The number of hydrogen-bond donors (Lipinski definition) is 1. The van der Waals surface area contributed by atoms with Crippen molar-refractivity contribution in [3.8, 4) is 0 Å². The van der Waals surface area contributed by atoms with E-state index < -0.39 is 11.6 Å². The molecule has 5 heteroatoms. The Hall–Kier alpha value is -1.49. The Morgan fingerprint density at radius 3 is 2.48 bits per heavy atom. The third-order valence-electron chi connectivity index (χ3n) is 5.07. The number of imidazole rings is 1. The molecule has 0 amide bonds. The molecular weight excluding hydrogens is 296 g/mol. The molecule has 0 spiro atoms. The molecule has 1 saturated heterocycles. The van der Waals surface area contributed by atoms with Crippen LogP contribution in [0.1, 0.15) is 51.3 Å². The van der Waals surface area contributed by atoms with Crippen LogP contribution in [0, 0.1) is 17.6 Å². The Bertz CT molecular complexity index is 670. The standard InChI is InChI=1S/C18H25F2N3/c1-3-13(4-2)18-22-16-9-14(19)15(20)10-17(16)23(18)11-12-5-7-21-8-6-12/h9-10,12-13,21H,3-8,11H2,1-2H3. The van der Waals surface area contributed by atoms with E-state index in [0.717, 1.165) is 56.7 Å². The summed E-state index contributed by atoms with van der Waals surface area (Å²) in [5.41, 5.74) is 1.30. The minimum absolute atomic E-state index is 0.329. The molecular formula is C18H25F2N3. The van der Waals surface area contributed by atoms with Crippen molar-refractivity contribution in [2.24, 2.45) is 5.92 Å². The lowest BCUT2D eigenvalue weighted by Crippen LogP contribution is -2.30. The van der Waals surface area contributed by atoms with E-state index in [9.17, 15) is 8.78 Å². The SMILES string of the molecule is CCC(CC)c1nc2cc(F)c(F)cc2n1CC1CCNCC1. The largest absolute Gasteiger partial charge is 0.327 e. The van der Waals surface area contributed by atoms with Gasteiger partial charge in [0, 0.05) is 24.6 Å². The molecule has 0 unspecified atom stereocenters. The van der Waals surface area contributed by atoms with Crippen LogP contribution in [-0.2, 0) is 6.54 Å². The second-order valence-electron chi connectivity index (χ2n) is 6.54. The average Bonchev–Trinajstić information content (AvgIpc) is 2.88. The summed E-state index contributed by atoms with van der Waals surface area (Å²) in [5, 5.41) is 3.37. The highest BCUT2D eigenvalue weighted by atomic mass is 19.2. The number of halogens is 2. The Labute approximate surface area is 136 Å². The minimum Gasteiger partial charge on any atom is -0.327 e. The molecule has 0 aliphatic carbocycles. The lowest BCUT2D eigenvalue weighted by Gasteiger charge is -2.25. The fraction of sp³-hybridized carbons (Fsp3) is 0.611. The molecule has 1 N–H and O–H groups in total. The molecule has 1 aromatic carbocycles. The summed E-state index contributed by atoms with van der Waals surface area (Å²) >= 11 is 0. The zero-order chi connectivity index (χ0) is 16.4. The minimum atomic E-state index is -0.819. The first-order valence-corrected chi connectivity index (χ1v) is 8.69. The Morgan fingerprint density at radius 2 is 1.83 bits per heavy atom. The van der Waals surface area contributed by atoms with Gasteiger partial charge in [0.2, 0.25) is 0 Å². The van der Waals surface area contributed by atoms with Gasteiger partial charge in [-0.2, -0.15) is 0 Å². The summed E-state index contributed by atoms with van der Waals surface area (Å²) in [6.07, 6.45) is 4.20. The summed E-state index contributed by atoms with van der Waals surface area (Å²) in [6, 6.07) is 2.54. The first-order valence-electron chi connectivity index (χ1n) is 8.69. The highest BCUT2D eigenvalue weighted by molar-refractivity contribution is 5.76. The summed E-state index contributed by atoms with van der Waals surface area (Å²) < 4.78 is 29.5. The second kappa shape index (κ2) is 6.95. The van der Waals surface area contributed by atoms with Gasteiger partial charge < -0.3 is 9.88 Å². The van der Waals surface area contributed by atoms with Crippen LogP contribution in [-0.4, -0.2) is 22.6 Å². The van der Waals surface area contributed by atoms with Crippen molar-refractivity contribution in [2.75, 3.05) is 13.1 Å². The van der Waals surface area contributed by atoms with Gasteiger partial charge in [0.05, 0.1) is 11.0 Å². The van der Waals surface area contributed by atoms with Crippen LogP contribution in [0.25, 0.3) is 11.0 Å². The van der Waals surface area contributed by atoms with E-state index in [4.69, 9.17) is 0 Å². The fourth-order valence-electron chi connectivity index (χ4n) is 3.62. The third-order valence-corrected chi connectivity index (χ3v) is 5.07. The van der Waals surface area contributed by atoms with Gasteiger partial charge in [0.1, 0.15) is 5.82 Å². The van der Waals surface area contributed by atoms with E-state index in [1.54, 1.807) is 0 Å². The zero-order valence-corrected chi connectivity index (χ0v) is 13.9. The molecule has 126 valence electrons. The monoisotopic (exact) mass is 321 g/mol. The maximum absolute atomic E-state index is 13.8. The van der Waals surface area contributed by atoms with Crippen LogP contribution >= 0.6 is 0 Å². The van der Waals surface area contributed by atoms with Gasteiger partial charge in [-0.3, -0.25) is 0 Å². The van der Waals surface area contributed by atoms with Crippen LogP contribution in [0.2, 0.25) is 0 Å². The zero-order valence-electron chi connectivity index (χ0n) is 13.9. The fourth-order valence-corrected chi connectivity index (χ4v) is 3.62. The molecule has 1 fully saturated rings. The molecule has 3 nitrogen and oxygen atoms in total. The van der Waals surface area contributed by atoms with Crippen molar-refractivity contribution in [3.05, 3.63) is 29.6 Å². The van der Waals surface area contributed by atoms with E-state index in [-0.39, 0.29) is 0 Å². The van der Waals surface area contributed by atoms with Gasteiger partial charge in [-0.25, -0.2) is 13.8 Å². The lowest BCUT2D eigenvalue weighted by molar-refractivity contribution is 0.329. The maximum atomic E-state index is 13.8. The Kier molecular flexibility index (Phi) is 4.95. The van der Waals surface area contributed by atoms with E-state index in [1.807, 2.05) is 0 Å². The lowest BCUT2D eigenvalue weighted by atomic mass is 9.97. The van der Waals surface area contributed by atoms with Crippen LogP contribution in [0.5, 0.6) is 0 Å². The van der Waals surface area contributed by atoms with E-state index >= 15 is 0 Å². The van der Waals surface area contributed by atoms with Gasteiger partial charge in [-0.1, -0.05) is 13.8 Å². The van der Waals surface area contributed by atoms with Crippen LogP contribution in [0.4, 0.5) is 8.78 Å². The molecule has 3 rings (SSSR count). The van der Waals surface area contributed by atoms with Crippen molar-refractivity contribution in [1.29, 1.82) is 0 Å². The number of rotatable bonds is 5. The summed E-state index contributed by atoms with van der Waals surface area (Å²) in [6.45, 7) is 7.18. The van der Waals surface area contributed by atoms with Gasteiger partial charge in [-0.15, -0.1) is 0 Å². The van der Waals surface area contributed by atoms with E-state index in [0.29, 0.717) is 17.4 Å². The number of fused-ring (bicyclic) bond motifs is 1. The van der Waals surface area contributed by atoms with Crippen LogP contribution in [0.3, 0.4) is 0 Å². The average molecular weight is 321 g/mol. The highest BCUT2D eigenvalue weighted by Crippen LogP contribution is 2.30. The van der Waals surface area contributed by atoms with Crippen molar-refractivity contribution in [1.82, 2.24) is 14.9 Å². The molecule has 2 aromatic rings. The number of nitrogens with zero attached hydrogens (tertiary/aromatic N) is 2. The molecule has 1 aliphatic rings. The molecule has 0 radical (unpaired) electrons. The number of aromatic nitrogens is 2. The number of nitrogens with one attached hydrogen (secondary N) is 1. The van der Waals surface area contributed by atoms with Crippen molar-refractivity contribution < 1.29 is 8.78 Å². The van der Waals surface area contributed by atoms with Crippen molar-refractivity contribution >= 4 is 11.0 Å². The second-order valence-corrected chi connectivity index (χ2v) is 6.54. The van der Waals surface area contributed by atoms with Crippen LogP contribution < -0.4 is 5.32 Å². The normalized spacial score (nSPS) is 16.6. The molecule has 2 heterocycles. The molecule has 23 heavy (non-hydrogen) atoms. The van der Waals surface area contributed by atoms with Crippen molar-refractivity contribution in [3.63, 3.8) is 0 Å². The highest BCUT2D eigenvalue weighted by Gasteiger charge is 2.22. The van der Waals surface area contributed by atoms with E-state index in [1.165, 1.54) is 12.1 Å². The molecule has 0 bridgehead atoms. The first-order chi connectivity index (χ1) is 11.1. The number of hydrogen-bond acceptors (Lipinski definition) is 2. The maximum Gasteiger partial charge on any atom is 0.161 e.